The number of likely N-dealkylation sites (N-methyl/N-ethyl adjacent to an activating group) is 1. The van der Waals surface area contributed by atoms with Gasteiger partial charge in [-0.3, -0.25) is 0 Å². The molecule has 0 saturated heterocycles. The molecule has 0 aliphatic rings. The SMILES string of the molecule is CNC[C@@H](c1ccc2ccccc2c1)[C@H](O)c1ccc(F)cc1. The maximum atomic E-state index is 13.1. The van der Waals surface area contributed by atoms with Crippen molar-refractivity contribution in [3.63, 3.8) is 0 Å². The Morgan fingerprint density at radius 3 is 2.26 bits per heavy atom. The normalized spacial score (nSPS) is 13.9. The monoisotopic (exact) mass is 309 g/mol. The fourth-order valence-corrected chi connectivity index (χ4v) is 2.96. The summed E-state index contributed by atoms with van der Waals surface area (Å²) in [7, 11) is 1.87. The van der Waals surface area contributed by atoms with Gasteiger partial charge < -0.3 is 10.4 Å². The molecule has 3 aromatic rings. The summed E-state index contributed by atoms with van der Waals surface area (Å²) in [5.41, 5.74) is 1.79. The number of aliphatic hydroxyl groups excluding tert-OH is 1. The van der Waals surface area contributed by atoms with E-state index in [0.29, 0.717) is 6.54 Å². The molecule has 0 spiro atoms. The van der Waals surface area contributed by atoms with Crippen molar-refractivity contribution in [1.82, 2.24) is 5.32 Å². The lowest BCUT2D eigenvalue weighted by Crippen LogP contribution is -2.23. The van der Waals surface area contributed by atoms with Crippen LogP contribution in [0.4, 0.5) is 4.39 Å². The molecule has 0 amide bonds. The topological polar surface area (TPSA) is 32.3 Å². The van der Waals surface area contributed by atoms with Gasteiger partial charge in [0.2, 0.25) is 0 Å². The molecule has 2 nitrogen and oxygen atoms in total. The molecule has 0 heterocycles. The minimum atomic E-state index is -0.691. The Balaban J connectivity index is 1.97. The van der Waals surface area contributed by atoms with E-state index in [0.717, 1.165) is 16.5 Å². The number of benzene rings is 3. The van der Waals surface area contributed by atoms with Gasteiger partial charge in [-0.25, -0.2) is 4.39 Å². The number of nitrogens with one attached hydrogen (secondary N) is 1. The molecule has 3 aromatic carbocycles. The van der Waals surface area contributed by atoms with Gasteiger partial charge in [0.15, 0.2) is 0 Å². The van der Waals surface area contributed by atoms with E-state index < -0.39 is 6.10 Å². The van der Waals surface area contributed by atoms with E-state index in [1.807, 2.05) is 19.2 Å². The minimum absolute atomic E-state index is 0.102. The molecule has 0 aromatic heterocycles. The summed E-state index contributed by atoms with van der Waals surface area (Å²) in [6, 6.07) is 20.5. The largest absolute Gasteiger partial charge is 0.388 e. The van der Waals surface area contributed by atoms with Crippen LogP contribution < -0.4 is 5.32 Å². The summed E-state index contributed by atoms with van der Waals surface area (Å²) in [6.45, 7) is 0.636. The van der Waals surface area contributed by atoms with E-state index in [9.17, 15) is 9.50 Å². The van der Waals surface area contributed by atoms with E-state index in [4.69, 9.17) is 0 Å². The van der Waals surface area contributed by atoms with Crippen molar-refractivity contribution in [2.75, 3.05) is 13.6 Å². The van der Waals surface area contributed by atoms with Gasteiger partial charge in [-0.05, 0) is 41.1 Å². The van der Waals surface area contributed by atoms with Gasteiger partial charge in [-0.2, -0.15) is 0 Å². The molecule has 23 heavy (non-hydrogen) atoms. The minimum Gasteiger partial charge on any atom is -0.388 e. The van der Waals surface area contributed by atoms with Crippen molar-refractivity contribution >= 4 is 10.8 Å². The standard InChI is InChI=1S/C20H20FNO/c1-22-13-19(20(23)15-8-10-18(21)11-9-15)17-7-6-14-4-2-3-5-16(14)12-17/h2-12,19-20,22-23H,13H2,1H3/t19-,20+/m0/s1. The highest BCUT2D eigenvalue weighted by molar-refractivity contribution is 5.83. The van der Waals surface area contributed by atoms with Crippen molar-refractivity contribution in [3.05, 3.63) is 83.7 Å². The van der Waals surface area contributed by atoms with Gasteiger partial charge >= 0.3 is 0 Å². The molecule has 3 heteroatoms. The van der Waals surface area contributed by atoms with Gasteiger partial charge in [0.05, 0.1) is 6.10 Å². The Bertz CT molecular complexity index is 785. The van der Waals surface area contributed by atoms with Crippen LogP contribution in [0.15, 0.2) is 66.7 Å². The fraction of sp³-hybridized carbons (Fsp3) is 0.200. The molecule has 0 saturated carbocycles. The first-order valence-electron chi connectivity index (χ1n) is 7.76. The Kier molecular flexibility index (Phi) is 4.70. The highest BCUT2D eigenvalue weighted by Gasteiger charge is 2.22. The quantitative estimate of drug-likeness (QED) is 0.746. The van der Waals surface area contributed by atoms with Crippen molar-refractivity contribution in [1.29, 1.82) is 0 Å². The zero-order valence-electron chi connectivity index (χ0n) is 13.0. The number of rotatable bonds is 5. The van der Waals surface area contributed by atoms with Gasteiger partial charge in [-0.1, -0.05) is 54.6 Å². The van der Waals surface area contributed by atoms with Crippen molar-refractivity contribution < 1.29 is 9.50 Å². The van der Waals surface area contributed by atoms with Crippen LogP contribution in [0.2, 0.25) is 0 Å². The molecular weight excluding hydrogens is 289 g/mol. The average molecular weight is 309 g/mol. The van der Waals surface area contributed by atoms with Crippen LogP contribution in [-0.2, 0) is 0 Å². The highest BCUT2D eigenvalue weighted by atomic mass is 19.1. The number of hydrogen-bond donors (Lipinski definition) is 2. The Morgan fingerprint density at radius 1 is 0.913 bits per heavy atom. The summed E-state index contributed by atoms with van der Waals surface area (Å²) in [6.07, 6.45) is -0.691. The van der Waals surface area contributed by atoms with E-state index in [1.54, 1.807) is 12.1 Å². The van der Waals surface area contributed by atoms with Crippen LogP contribution in [0.5, 0.6) is 0 Å². The Hall–Kier alpha value is -2.23. The predicted octanol–water partition coefficient (Wildman–Crippen LogP) is 4.02. The van der Waals surface area contributed by atoms with Crippen molar-refractivity contribution in [2.24, 2.45) is 0 Å². The van der Waals surface area contributed by atoms with Crippen LogP contribution in [0.25, 0.3) is 10.8 Å². The van der Waals surface area contributed by atoms with Crippen molar-refractivity contribution in [2.45, 2.75) is 12.0 Å². The lowest BCUT2D eigenvalue weighted by Gasteiger charge is -2.24. The highest BCUT2D eigenvalue weighted by Crippen LogP contribution is 2.32. The van der Waals surface area contributed by atoms with Crippen LogP contribution in [-0.4, -0.2) is 18.7 Å². The molecule has 2 N–H and O–H groups in total. The Labute approximate surface area is 135 Å². The number of fused-ring (bicyclic) bond motifs is 1. The van der Waals surface area contributed by atoms with Crippen molar-refractivity contribution in [3.8, 4) is 0 Å². The molecule has 0 unspecified atom stereocenters. The van der Waals surface area contributed by atoms with Gasteiger partial charge in [0.1, 0.15) is 5.82 Å². The van der Waals surface area contributed by atoms with E-state index in [1.165, 1.54) is 17.5 Å². The molecule has 0 radical (unpaired) electrons. The van der Waals surface area contributed by atoms with Gasteiger partial charge in [0.25, 0.3) is 0 Å². The summed E-state index contributed by atoms with van der Waals surface area (Å²) >= 11 is 0. The van der Waals surface area contributed by atoms with Crippen LogP contribution >= 0.6 is 0 Å². The molecule has 0 bridgehead atoms. The van der Waals surface area contributed by atoms with Crippen LogP contribution in [0, 0.1) is 5.82 Å². The fourth-order valence-electron chi connectivity index (χ4n) is 2.96. The third kappa shape index (κ3) is 3.41. The second-order valence-electron chi connectivity index (χ2n) is 5.77. The zero-order chi connectivity index (χ0) is 16.2. The number of hydrogen-bond acceptors (Lipinski definition) is 2. The van der Waals surface area contributed by atoms with E-state index in [2.05, 4.69) is 35.6 Å². The summed E-state index contributed by atoms with van der Waals surface area (Å²) in [5, 5.41) is 16.2. The first-order valence-corrected chi connectivity index (χ1v) is 7.76. The predicted molar refractivity (Wildman–Crippen MR) is 92.0 cm³/mol. The Morgan fingerprint density at radius 2 is 1.57 bits per heavy atom. The third-order valence-corrected chi connectivity index (χ3v) is 4.22. The molecule has 0 aliphatic heterocycles. The van der Waals surface area contributed by atoms with Gasteiger partial charge in [0, 0.05) is 12.5 Å². The number of halogens is 1. The lowest BCUT2D eigenvalue weighted by molar-refractivity contribution is 0.144. The first kappa shape index (κ1) is 15.7. The molecule has 0 aliphatic carbocycles. The second kappa shape index (κ2) is 6.90. The zero-order valence-corrected chi connectivity index (χ0v) is 13.0. The molecule has 3 rings (SSSR count). The van der Waals surface area contributed by atoms with Gasteiger partial charge in [-0.15, -0.1) is 0 Å². The first-order chi connectivity index (χ1) is 11.2. The molecule has 118 valence electrons. The van der Waals surface area contributed by atoms with E-state index in [-0.39, 0.29) is 11.7 Å². The average Bonchev–Trinajstić information content (AvgIpc) is 2.59. The summed E-state index contributed by atoms with van der Waals surface area (Å²) in [5.74, 6) is -0.396. The number of aliphatic hydroxyl groups is 1. The summed E-state index contributed by atoms with van der Waals surface area (Å²) in [4.78, 5) is 0. The maximum Gasteiger partial charge on any atom is 0.123 e. The molecular formula is C20H20FNO. The van der Waals surface area contributed by atoms with Crippen LogP contribution in [0.1, 0.15) is 23.1 Å². The third-order valence-electron chi connectivity index (χ3n) is 4.22. The van der Waals surface area contributed by atoms with E-state index >= 15 is 0 Å². The maximum absolute atomic E-state index is 13.1. The smallest absolute Gasteiger partial charge is 0.123 e. The second-order valence-corrected chi connectivity index (χ2v) is 5.77. The molecule has 2 atom stereocenters. The molecule has 0 fully saturated rings. The summed E-state index contributed by atoms with van der Waals surface area (Å²) < 4.78 is 13.1. The van der Waals surface area contributed by atoms with Crippen LogP contribution in [0.3, 0.4) is 0 Å². The lowest BCUT2D eigenvalue weighted by atomic mass is 9.88.